The van der Waals surface area contributed by atoms with Gasteiger partial charge in [0.2, 0.25) is 10.0 Å². The molecule has 22 heavy (non-hydrogen) atoms. The van der Waals surface area contributed by atoms with E-state index in [1.54, 1.807) is 18.2 Å². The lowest BCUT2D eigenvalue weighted by atomic mass is 10.1. The van der Waals surface area contributed by atoms with Crippen molar-refractivity contribution in [2.45, 2.75) is 26.7 Å². The number of sulfonamides is 1. The number of amides is 1. The lowest BCUT2D eigenvalue weighted by molar-refractivity contribution is 0.0949. The van der Waals surface area contributed by atoms with Crippen LogP contribution in [0.15, 0.2) is 18.2 Å². The highest BCUT2D eigenvalue weighted by molar-refractivity contribution is 7.92. The lowest BCUT2D eigenvalue weighted by Gasteiger charge is -2.29. The number of benzene rings is 1. The molecule has 1 N–H and O–H groups in total. The number of nitrogens with zero attached hydrogens (tertiary/aromatic N) is 1. The summed E-state index contributed by atoms with van der Waals surface area (Å²) in [7, 11) is -3.35. The van der Waals surface area contributed by atoms with Crippen LogP contribution in [-0.2, 0) is 10.0 Å². The van der Waals surface area contributed by atoms with E-state index in [2.05, 4.69) is 5.32 Å². The minimum absolute atomic E-state index is 0.118. The molecule has 1 heterocycles. The van der Waals surface area contributed by atoms with Gasteiger partial charge in [0.25, 0.3) is 5.91 Å². The van der Waals surface area contributed by atoms with Crippen LogP contribution in [0.25, 0.3) is 0 Å². The van der Waals surface area contributed by atoms with Gasteiger partial charge in [0.15, 0.2) is 0 Å². The van der Waals surface area contributed by atoms with Crippen molar-refractivity contribution in [3.63, 3.8) is 0 Å². The van der Waals surface area contributed by atoms with E-state index in [0.717, 1.165) is 6.42 Å². The SMILES string of the molecule is CC(C)CNC(=O)c1ccc(Cl)c(N2CCCCS2(=O)=O)c1. The number of carbonyl (C=O) groups is 1. The van der Waals surface area contributed by atoms with Crippen molar-refractivity contribution in [1.82, 2.24) is 5.32 Å². The molecule has 0 spiro atoms. The maximum absolute atomic E-state index is 12.2. The fraction of sp³-hybridized carbons (Fsp3) is 0.533. The summed E-state index contributed by atoms with van der Waals surface area (Å²) >= 11 is 6.15. The second kappa shape index (κ2) is 6.87. The van der Waals surface area contributed by atoms with Crippen molar-refractivity contribution >= 4 is 33.2 Å². The number of anilines is 1. The molecule has 1 fully saturated rings. The van der Waals surface area contributed by atoms with Gasteiger partial charge in [-0.2, -0.15) is 0 Å². The Morgan fingerprint density at radius 3 is 2.73 bits per heavy atom. The minimum atomic E-state index is -3.35. The molecule has 0 radical (unpaired) electrons. The van der Waals surface area contributed by atoms with Crippen molar-refractivity contribution in [3.05, 3.63) is 28.8 Å². The quantitative estimate of drug-likeness (QED) is 0.913. The summed E-state index contributed by atoms with van der Waals surface area (Å²) in [5.74, 6) is 0.242. The Bertz CT molecular complexity index is 659. The van der Waals surface area contributed by atoms with Gasteiger partial charge in [0, 0.05) is 18.7 Å². The van der Waals surface area contributed by atoms with Crippen LogP contribution < -0.4 is 9.62 Å². The highest BCUT2D eigenvalue weighted by Crippen LogP contribution is 2.31. The Balaban J connectivity index is 2.29. The predicted molar refractivity (Wildman–Crippen MR) is 89.0 cm³/mol. The van der Waals surface area contributed by atoms with Crippen molar-refractivity contribution in [3.8, 4) is 0 Å². The van der Waals surface area contributed by atoms with E-state index in [1.807, 2.05) is 13.8 Å². The van der Waals surface area contributed by atoms with E-state index in [9.17, 15) is 13.2 Å². The first-order valence-corrected chi connectivity index (χ1v) is 9.38. The van der Waals surface area contributed by atoms with Gasteiger partial charge in [-0.3, -0.25) is 9.10 Å². The van der Waals surface area contributed by atoms with Crippen LogP contribution in [0.1, 0.15) is 37.0 Å². The van der Waals surface area contributed by atoms with Gasteiger partial charge < -0.3 is 5.32 Å². The van der Waals surface area contributed by atoms with Crippen LogP contribution in [0.5, 0.6) is 0 Å². The summed E-state index contributed by atoms with van der Waals surface area (Å²) < 4.78 is 25.7. The van der Waals surface area contributed by atoms with Crippen molar-refractivity contribution in [2.24, 2.45) is 5.92 Å². The number of carbonyl (C=O) groups excluding carboxylic acids is 1. The second-order valence-electron chi connectivity index (χ2n) is 5.87. The predicted octanol–water partition coefficient (Wildman–Crippen LogP) is 2.66. The molecule has 0 aliphatic carbocycles. The number of hydrogen-bond acceptors (Lipinski definition) is 3. The summed E-state index contributed by atoms with van der Waals surface area (Å²) in [6.45, 7) is 4.99. The van der Waals surface area contributed by atoms with Gasteiger partial charge in [0.1, 0.15) is 0 Å². The molecule has 122 valence electrons. The molecule has 1 aliphatic rings. The van der Waals surface area contributed by atoms with Gasteiger partial charge in [-0.1, -0.05) is 25.4 Å². The van der Waals surface area contributed by atoms with Gasteiger partial charge in [0.05, 0.1) is 16.5 Å². The molecule has 0 unspecified atom stereocenters. The lowest BCUT2D eigenvalue weighted by Crippen LogP contribution is -2.38. The smallest absolute Gasteiger partial charge is 0.251 e. The summed E-state index contributed by atoms with van der Waals surface area (Å²) in [5, 5.41) is 3.16. The molecule has 1 aromatic carbocycles. The summed E-state index contributed by atoms with van der Waals surface area (Å²) in [4.78, 5) is 12.1. The van der Waals surface area contributed by atoms with Crippen LogP contribution in [0.3, 0.4) is 0 Å². The van der Waals surface area contributed by atoms with Gasteiger partial charge >= 0.3 is 0 Å². The Morgan fingerprint density at radius 1 is 1.36 bits per heavy atom. The van der Waals surface area contributed by atoms with E-state index in [1.165, 1.54) is 4.31 Å². The zero-order chi connectivity index (χ0) is 16.3. The summed E-state index contributed by atoms with van der Waals surface area (Å²) in [6.07, 6.45) is 1.45. The summed E-state index contributed by atoms with van der Waals surface area (Å²) in [6, 6.07) is 4.74. The zero-order valence-electron chi connectivity index (χ0n) is 12.8. The Labute approximate surface area is 136 Å². The number of halogens is 1. The maximum atomic E-state index is 12.2. The highest BCUT2D eigenvalue weighted by atomic mass is 35.5. The minimum Gasteiger partial charge on any atom is -0.352 e. The monoisotopic (exact) mass is 344 g/mol. The van der Waals surface area contributed by atoms with Gasteiger partial charge in [-0.25, -0.2) is 8.42 Å². The van der Waals surface area contributed by atoms with Gasteiger partial charge in [-0.05, 0) is 37.0 Å². The Kier molecular flexibility index (Phi) is 5.34. The second-order valence-corrected chi connectivity index (χ2v) is 8.29. The standard InChI is InChI=1S/C15H21ClN2O3S/c1-11(2)10-17-15(19)12-5-6-13(16)14(9-12)18-7-3-4-8-22(18,20)21/h5-6,9,11H,3-4,7-8,10H2,1-2H3,(H,17,19). The third kappa shape index (κ3) is 3.93. The van der Waals surface area contributed by atoms with E-state index in [4.69, 9.17) is 11.6 Å². The molecule has 7 heteroatoms. The normalized spacial score (nSPS) is 17.5. The number of nitrogens with one attached hydrogen (secondary N) is 1. The van der Waals surface area contributed by atoms with Crippen LogP contribution in [-0.4, -0.2) is 33.2 Å². The van der Waals surface area contributed by atoms with E-state index < -0.39 is 10.0 Å². The molecule has 1 aromatic rings. The van der Waals surface area contributed by atoms with E-state index in [-0.39, 0.29) is 11.7 Å². The molecular weight excluding hydrogens is 324 g/mol. The van der Waals surface area contributed by atoms with Crippen LogP contribution in [0.4, 0.5) is 5.69 Å². The first-order valence-electron chi connectivity index (χ1n) is 7.39. The Morgan fingerprint density at radius 2 is 2.09 bits per heavy atom. The Hall–Kier alpha value is -1.27. The third-order valence-electron chi connectivity index (χ3n) is 3.50. The fourth-order valence-corrected chi connectivity index (χ4v) is 4.22. The van der Waals surface area contributed by atoms with Gasteiger partial charge in [-0.15, -0.1) is 0 Å². The molecule has 0 bridgehead atoms. The van der Waals surface area contributed by atoms with Crippen molar-refractivity contribution in [2.75, 3.05) is 23.1 Å². The molecule has 1 amide bonds. The van der Waals surface area contributed by atoms with Crippen LogP contribution in [0.2, 0.25) is 5.02 Å². The number of rotatable bonds is 4. The molecule has 5 nitrogen and oxygen atoms in total. The first-order chi connectivity index (χ1) is 10.3. The van der Waals surface area contributed by atoms with Crippen LogP contribution in [0, 0.1) is 5.92 Å². The third-order valence-corrected chi connectivity index (χ3v) is 5.67. The topological polar surface area (TPSA) is 66.5 Å². The molecular formula is C15H21ClN2O3S. The molecule has 1 saturated heterocycles. The average molecular weight is 345 g/mol. The first kappa shape index (κ1) is 17.1. The van der Waals surface area contributed by atoms with E-state index >= 15 is 0 Å². The van der Waals surface area contributed by atoms with E-state index in [0.29, 0.717) is 41.7 Å². The zero-order valence-corrected chi connectivity index (χ0v) is 14.4. The highest BCUT2D eigenvalue weighted by Gasteiger charge is 2.28. The van der Waals surface area contributed by atoms with Crippen molar-refractivity contribution < 1.29 is 13.2 Å². The maximum Gasteiger partial charge on any atom is 0.251 e. The molecule has 0 atom stereocenters. The summed E-state index contributed by atoms with van der Waals surface area (Å²) in [5.41, 5.74) is 0.805. The largest absolute Gasteiger partial charge is 0.352 e. The molecule has 2 rings (SSSR count). The average Bonchev–Trinajstić information content (AvgIpc) is 2.45. The fourth-order valence-electron chi connectivity index (χ4n) is 2.30. The number of hydrogen-bond donors (Lipinski definition) is 1. The van der Waals surface area contributed by atoms with Crippen LogP contribution >= 0.6 is 11.6 Å². The van der Waals surface area contributed by atoms with Crippen molar-refractivity contribution in [1.29, 1.82) is 0 Å². The molecule has 1 aliphatic heterocycles. The molecule has 0 saturated carbocycles. The molecule has 0 aromatic heterocycles.